The third-order valence-corrected chi connectivity index (χ3v) is 3.68. The van der Waals surface area contributed by atoms with Gasteiger partial charge in [-0.1, -0.05) is 18.2 Å². The molecular weight excluding hydrogens is 240 g/mol. The molecule has 1 aromatic heterocycles. The second-order valence-corrected chi connectivity index (χ2v) is 5.10. The van der Waals surface area contributed by atoms with Gasteiger partial charge in [-0.3, -0.25) is 9.89 Å². The lowest BCUT2D eigenvalue weighted by Gasteiger charge is -2.20. The van der Waals surface area contributed by atoms with E-state index in [1.807, 2.05) is 31.3 Å². The van der Waals surface area contributed by atoms with E-state index in [0.29, 0.717) is 11.7 Å². The number of nitrogens with zero attached hydrogens (tertiary/aromatic N) is 2. The van der Waals surface area contributed by atoms with Crippen molar-refractivity contribution in [2.24, 2.45) is 0 Å². The molecule has 1 unspecified atom stereocenters. The van der Waals surface area contributed by atoms with Gasteiger partial charge < -0.3 is 10.2 Å². The second kappa shape index (κ2) is 5.01. The number of aromatic amines is 1. The Kier molecular flexibility index (Phi) is 3.21. The molecule has 1 aliphatic rings. The maximum atomic E-state index is 12.4. The highest BCUT2D eigenvalue weighted by Crippen LogP contribution is 2.17. The number of carbonyl (C=O) groups is 1. The van der Waals surface area contributed by atoms with Crippen molar-refractivity contribution in [1.29, 1.82) is 0 Å². The van der Waals surface area contributed by atoms with E-state index < -0.39 is 0 Å². The molecule has 0 bridgehead atoms. The lowest BCUT2D eigenvalue weighted by molar-refractivity contribution is 0.0780. The molecule has 5 heteroatoms. The number of para-hydroxylation sites is 1. The van der Waals surface area contributed by atoms with Crippen molar-refractivity contribution in [3.63, 3.8) is 0 Å². The van der Waals surface area contributed by atoms with E-state index in [-0.39, 0.29) is 5.91 Å². The first kappa shape index (κ1) is 12.2. The number of hydrogen-bond donors (Lipinski definition) is 2. The Bertz CT molecular complexity index is 586. The average Bonchev–Trinajstić information content (AvgIpc) is 3.06. The first-order valence-electron chi connectivity index (χ1n) is 6.67. The predicted molar refractivity (Wildman–Crippen MR) is 74.1 cm³/mol. The topological polar surface area (TPSA) is 61.0 Å². The van der Waals surface area contributed by atoms with Crippen LogP contribution in [0.15, 0.2) is 24.3 Å². The molecule has 100 valence electrons. The summed E-state index contributed by atoms with van der Waals surface area (Å²) in [7, 11) is 1.84. The number of likely N-dealkylation sites (N-methyl/N-ethyl adjacent to an activating group) is 1. The molecule has 2 heterocycles. The number of benzene rings is 1. The van der Waals surface area contributed by atoms with Crippen LogP contribution in [0.25, 0.3) is 10.9 Å². The van der Waals surface area contributed by atoms with E-state index in [9.17, 15) is 4.79 Å². The SMILES string of the molecule is CN(CC1CCCN1)C(=O)c1n[nH]c2ccccc12. The maximum absolute atomic E-state index is 12.4. The Morgan fingerprint density at radius 1 is 1.47 bits per heavy atom. The predicted octanol–water partition coefficient (Wildman–Crippen LogP) is 1.39. The van der Waals surface area contributed by atoms with Gasteiger partial charge >= 0.3 is 0 Å². The number of hydrogen-bond acceptors (Lipinski definition) is 3. The molecule has 1 amide bonds. The summed E-state index contributed by atoms with van der Waals surface area (Å²) in [6, 6.07) is 8.12. The van der Waals surface area contributed by atoms with Gasteiger partial charge in [0, 0.05) is 25.0 Å². The van der Waals surface area contributed by atoms with E-state index in [1.54, 1.807) is 4.90 Å². The van der Waals surface area contributed by atoms with Crippen molar-refractivity contribution in [2.45, 2.75) is 18.9 Å². The standard InChI is InChI=1S/C14H18N4O/c1-18(9-10-5-4-8-15-10)14(19)13-11-6-2-3-7-12(11)16-17-13/h2-3,6-7,10,15H,4-5,8-9H2,1H3,(H,16,17). The van der Waals surface area contributed by atoms with E-state index in [4.69, 9.17) is 0 Å². The zero-order valence-electron chi connectivity index (χ0n) is 11.0. The minimum Gasteiger partial charge on any atom is -0.339 e. The van der Waals surface area contributed by atoms with Gasteiger partial charge in [0.25, 0.3) is 5.91 Å². The Hall–Kier alpha value is -1.88. The van der Waals surface area contributed by atoms with Gasteiger partial charge in [0.2, 0.25) is 0 Å². The summed E-state index contributed by atoms with van der Waals surface area (Å²) < 4.78 is 0. The van der Waals surface area contributed by atoms with Crippen LogP contribution in [-0.2, 0) is 0 Å². The summed E-state index contributed by atoms with van der Waals surface area (Å²) in [5, 5.41) is 11.3. The third kappa shape index (κ3) is 2.33. The molecule has 19 heavy (non-hydrogen) atoms. The van der Waals surface area contributed by atoms with Crippen molar-refractivity contribution in [2.75, 3.05) is 20.1 Å². The molecule has 0 saturated carbocycles. The summed E-state index contributed by atoms with van der Waals surface area (Å²) in [4.78, 5) is 14.2. The smallest absolute Gasteiger partial charge is 0.274 e. The highest BCUT2D eigenvalue weighted by molar-refractivity contribution is 6.04. The van der Waals surface area contributed by atoms with Crippen LogP contribution < -0.4 is 5.32 Å². The van der Waals surface area contributed by atoms with Gasteiger partial charge in [0.1, 0.15) is 0 Å². The number of fused-ring (bicyclic) bond motifs is 1. The summed E-state index contributed by atoms with van der Waals surface area (Å²) in [5.41, 5.74) is 1.41. The quantitative estimate of drug-likeness (QED) is 0.874. The monoisotopic (exact) mass is 258 g/mol. The fourth-order valence-corrected chi connectivity index (χ4v) is 2.63. The van der Waals surface area contributed by atoms with Gasteiger partial charge in [-0.25, -0.2) is 0 Å². The lowest BCUT2D eigenvalue weighted by atomic mass is 10.2. The number of H-pyrrole nitrogens is 1. The molecule has 1 saturated heterocycles. The molecule has 1 atom stereocenters. The molecule has 0 radical (unpaired) electrons. The molecule has 2 aromatic rings. The molecule has 5 nitrogen and oxygen atoms in total. The van der Waals surface area contributed by atoms with Crippen molar-refractivity contribution >= 4 is 16.8 Å². The zero-order valence-corrected chi connectivity index (χ0v) is 11.0. The van der Waals surface area contributed by atoms with Crippen LogP contribution in [0.3, 0.4) is 0 Å². The summed E-state index contributed by atoms with van der Waals surface area (Å²) in [6.07, 6.45) is 2.33. The molecular formula is C14H18N4O. The van der Waals surface area contributed by atoms with Crippen LogP contribution in [0.5, 0.6) is 0 Å². The third-order valence-electron chi connectivity index (χ3n) is 3.68. The molecule has 0 spiro atoms. The molecule has 1 aliphatic heterocycles. The molecule has 3 rings (SSSR count). The first-order chi connectivity index (χ1) is 9.25. The number of aromatic nitrogens is 2. The number of amides is 1. The Morgan fingerprint density at radius 3 is 3.11 bits per heavy atom. The van der Waals surface area contributed by atoms with Crippen molar-refractivity contribution < 1.29 is 4.79 Å². The van der Waals surface area contributed by atoms with Crippen LogP contribution in [0.4, 0.5) is 0 Å². The Morgan fingerprint density at radius 2 is 2.32 bits per heavy atom. The van der Waals surface area contributed by atoms with E-state index in [0.717, 1.165) is 30.4 Å². The largest absolute Gasteiger partial charge is 0.339 e. The zero-order chi connectivity index (χ0) is 13.2. The molecule has 2 N–H and O–H groups in total. The van der Waals surface area contributed by atoms with Gasteiger partial charge in [-0.05, 0) is 25.5 Å². The normalized spacial score (nSPS) is 18.9. The van der Waals surface area contributed by atoms with Crippen molar-refractivity contribution in [1.82, 2.24) is 20.4 Å². The van der Waals surface area contributed by atoms with Gasteiger partial charge in [0.05, 0.1) is 5.52 Å². The van der Waals surface area contributed by atoms with E-state index in [1.165, 1.54) is 6.42 Å². The highest BCUT2D eigenvalue weighted by atomic mass is 16.2. The van der Waals surface area contributed by atoms with Crippen molar-refractivity contribution in [3.8, 4) is 0 Å². The first-order valence-corrected chi connectivity index (χ1v) is 6.67. The molecule has 1 aromatic carbocycles. The maximum Gasteiger partial charge on any atom is 0.274 e. The van der Waals surface area contributed by atoms with Crippen LogP contribution in [0.1, 0.15) is 23.3 Å². The van der Waals surface area contributed by atoms with Crippen LogP contribution in [0, 0.1) is 0 Å². The average molecular weight is 258 g/mol. The van der Waals surface area contributed by atoms with Gasteiger partial charge in [-0.2, -0.15) is 5.10 Å². The number of rotatable bonds is 3. The number of nitrogens with one attached hydrogen (secondary N) is 2. The molecule has 1 fully saturated rings. The van der Waals surface area contributed by atoms with E-state index in [2.05, 4.69) is 15.5 Å². The Labute approximate surface area is 112 Å². The van der Waals surface area contributed by atoms with Gasteiger partial charge in [0.15, 0.2) is 5.69 Å². The van der Waals surface area contributed by atoms with Gasteiger partial charge in [-0.15, -0.1) is 0 Å². The second-order valence-electron chi connectivity index (χ2n) is 5.10. The minimum atomic E-state index is -0.0221. The molecule has 0 aliphatic carbocycles. The fourth-order valence-electron chi connectivity index (χ4n) is 2.63. The lowest BCUT2D eigenvalue weighted by Crippen LogP contribution is -2.38. The highest BCUT2D eigenvalue weighted by Gasteiger charge is 2.22. The minimum absolute atomic E-state index is 0.0221. The summed E-state index contributed by atoms with van der Waals surface area (Å²) >= 11 is 0. The van der Waals surface area contributed by atoms with Crippen LogP contribution in [-0.4, -0.2) is 47.2 Å². The van der Waals surface area contributed by atoms with Crippen LogP contribution >= 0.6 is 0 Å². The Balaban J connectivity index is 1.78. The number of carbonyl (C=O) groups excluding carboxylic acids is 1. The van der Waals surface area contributed by atoms with E-state index >= 15 is 0 Å². The summed E-state index contributed by atoms with van der Waals surface area (Å²) in [5.74, 6) is -0.0221. The fraction of sp³-hybridized carbons (Fsp3) is 0.429. The van der Waals surface area contributed by atoms with Crippen molar-refractivity contribution in [3.05, 3.63) is 30.0 Å². The van der Waals surface area contributed by atoms with Crippen LogP contribution in [0.2, 0.25) is 0 Å². The summed E-state index contributed by atoms with van der Waals surface area (Å²) in [6.45, 7) is 1.79.